The van der Waals surface area contributed by atoms with E-state index < -0.39 is 0 Å². The third-order valence-electron chi connectivity index (χ3n) is 4.26. The van der Waals surface area contributed by atoms with Crippen LogP contribution in [0.4, 0.5) is 4.79 Å². The molecule has 146 valence electrons. The molecule has 1 unspecified atom stereocenters. The third kappa shape index (κ3) is 10.2. The van der Waals surface area contributed by atoms with E-state index in [-0.39, 0.29) is 12.1 Å². The van der Waals surface area contributed by atoms with E-state index in [0.29, 0.717) is 19.1 Å². The number of likely N-dealkylation sites (tertiary alicyclic amines) is 1. The van der Waals surface area contributed by atoms with E-state index in [2.05, 4.69) is 39.7 Å². The Morgan fingerprint density at radius 2 is 1.92 bits per heavy atom. The van der Waals surface area contributed by atoms with E-state index in [4.69, 9.17) is 4.74 Å². The van der Waals surface area contributed by atoms with Gasteiger partial charge in [-0.15, -0.1) is 0 Å². The third-order valence-corrected chi connectivity index (χ3v) is 4.26. The first kappa shape index (κ1) is 21.5. The lowest BCUT2D eigenvalue weighted by Crippen LogP contribution is -2.48. The summed E-state index contributed by atoms with van der Waals surface area (Å²) in [4.78, 5) is 18.4. The van der Waals surface area contributed by atoms with Gasteiger partial charge in [0, 0.05) is 32.7 Å². The SMILES string of the molecule is CCOC(=O)NC(CNC(=NC)NCCN1CCCCC1)CC(C)C. The molecule has 1 aliphatic rings. The molecule has 1 fully saturated rings. The molecule has 1 atom stereocenters. The molecule has 1 saturated heterocycles. The number of guanidine groups is 1. The smallest absolute Gasteiger partial charge is 0.407 e. The number of rotatable bonds is 9. The predicted octanol–water partition coefficient (Wildman–Crippen LogP) is 1.80. The van der Waals surface area contributed by atoms with Crippen molar-refractivity contribution in [2.45, 2.75) is 52.5 Å². The summed E-state index contributed by atoms with van der Waals surface area (Å²) in [5, 5.41) is 9.59. The highest BCUT2D eigenvalue weighted by Gasteiger charge is 2.15. The number of alkyl carbamates (subject to hydrolysis) is 1. The van der Waals surface area contributed by atoms with Gasteiger partial charge in [-0.05, 0) is 45.2 Å². The van der Waals surface area contributed by atoms with Crippen LogP contribution in [0.15, 0.2) is 4.99 Å². The molecule has 0 aromatic carbocycles. The van der Waals surface area contributed by atoms with Crippen molar-refractivity contribution in [3.05, 3.63) is 0 Å². The number of piperidine rings is 1. The molecule has 0 bridgehead atoms. The Bertz CT molecular complexity index is 395. The largest absolute Gasteiger partial charge is 0.450 e. The van der Waals surface area contributed by atoms with Crippen molar-refractivity contribution in [3.63, 3.8) is 0 Å². The number of nitrogens with zero attached hydrogens (tertiary/aromatic N) is 2. The van der Waals surface area contributed by atoms with Crippen molar-refractivity contribution < 1.29 is 9.53 Å². The Hall–Kier alpha value is -1.50. The Balaban J connectivity index is 2.33. The van der Waals surface area contributed by atoms with Gasteiger partial charge < -0.3 is 25.6 Å². The summed E-state index contributed by atoms with van der Waals surface area (Å²) in [5.41, 5.74) is 0. The maximum Gasteiger partial charge on any atom is 0.407 e. The fourth-order valence-electron chi connectivity index (χ4n) is 3.06. The van der Waals surface area contributed by atoms with Crippen LogP contribution in [0.1, 0.15) is 46.5 Å². The lowest BCUT2D eigenvalue weighted by molar-refractivity contribution is 0.146. The van der Waals surface area contributed by atoms with Crippen LogP contribution in [0.25, 0.3) is 0 Å². The highest BCUT2D eigenvalue weighted by molar-refractivity contribution is 5.79. The normalized spacial score (nSPS) is 17.2. The summed E-state index contributed by atoms with van der Waals surface area (Å²) in [6, 6.07) is 0.0136. The van der Waals surface area contributed by atoms with Gasteiger partial charge in [0.25, 0.3) is 0 Å². The van der Waals surface area contributed by atoms with Crippen LogP contribution >= 0.6 is 0 Å². The summed E-state index contributed by atoms with van der Waals surface area (Å²) in [6.07, 6.45) is 4.50. The molecule has 0 aromatic rings. The molecule has 0 saturated carbocycles. The van der Waals surface area contributed by atoms with Crippen LogP contribution in [-0.4, -0.2) is 69.4 Å². The van der Waals surface area contributed by atoms with Crippen LogP contribution in [0.5, 0.6) is 0 Å². The fraction of sp³-hybridized carbons (Fsp3) is 0.889. The second kappa shape index (κ2) is 12.8. The minimum atomic E-state index is -0.358. The molecule has 7 nitrogen and oxygen atoms in total. The van der Waals surface area contributed by atoms with Gasteiger partial charge in [-0.2, -0.15) is 0 Å². The van der Waals surface area contributed by atoms with Crippen LogP contribution in [0.2, 0.25) is 0 Å². The Kier molecular flexibility index (Phi) is 11.0. The minimum absolute atomic E-state index is 0.0136. The van der Waals surface area contributed by atoms with Crippen molar-refractivity contribution in [2.24, 2.45) is 10.9 Å². The van der Waals surface area contributed by atoms with E-state index in [1.165, 1.54) is 32.4 Å². The van der Waals surface area contributed by atoms with Gasteiger partial charge in [0.2, 0.25) is 0 Å². The molecule has 0 aliphatic carbocycles. The molecule has 0 spiro atoms. The maximum absolute atomic E-state index is 11.7. The summed E-state index contributed by atoms with van der Waals surface area (Å²) in [7, 11) is 1.77. The van der Waals surface area contributed by atoms with Crippen LogP contribution in [-0.2, 0) is 4.74 Å². The summed E-state index contributed by atoms with van der Waals surface area (Å²) < 4.78 is 4.99. The first-order valence-electron chi connectivity index (χ1n) is 9.65. The van der Waals surface area contributed by atoms with Gasteiger partial charge in [-0.3, -0.25) is 4.99 Å². The molecule has 0 radical (unpaired) electrons. The van der Waals surface area contributed by atoms with Crippen molar-refractivity contribution >= 4 is 12.1 Å². The average Bonchev–Trinajstić information content (AvgIpc) is 2.58. The van der Waals surface area contributed by atoms with Crippen molar-refractivity contribution in [1.29, 1.82) is 0 Å². The zero-order chi connectivity index (χ0) is 18.5. The minimum Gasteiger partial charge on any atom is -0.450 e. The van der Waals surface area contributed by atoms with Crippen LogP contribution in [0.3, 0.4) is 0 Å². The number of ether oxygens (including phenoxy) is 1. The Morgan fingerprint density at radius 1 is 1.20 bits per heavy atom. The Labute approximate surface area is 153 Å². The maximum atomic E-state index is 11.7. The number of carbonyl (C=O) groups excluding carboxylic acids is 1. The zero-order valence-corrected chi connectivity index (χ0v) is 16.4. The standard InChI is InChI=1S/C18H37N5O2/c1-5-25-18(24)22-16(13-15(2)3)14-21-17(19-4)20-9-12-23-10-7-6-8-11-23/h15-16H,5-14H2,1-4H3,(H,22,24)(H2,19,20,21). The van der Waals surface area contributed by atoms with Crippen molar-refractivity contribution in [1.82, 2.24) is 20.9 Å². The number of hydrogen-bond acceptors (Lipinski definition) is 4. The molecular formula is C18H37N5O2. The van der Waals surface area contributed by atoms with E-state index in [1.807, 2.05) is 6.92 Å². The molecular weight excluding hydrogens is 318 g/mol. The highest BCUT2D eigenvalue weighted by Crippen LogP contribution is 2.07. The van der Waals surface area contributed by atoms with Gasteiger partial charge in [0.1, 0.15) is 0 Å². The second-order valence-corrected chi connectivity index (χ2v) is 6.97. The molecule has 1 aliphatic heterocycles. The van der Waals surface area contributed by atoms with Crippen molar-refractivity contribution in [3.8, 4) is 0 Å². The molecule has 7 heteroatoms. The summed E-state index contributed by atoms with van der Waals surface area (Å²) >= 11 is 0. The van der Waals surface area contributed by atoms with Crippen LogP contribution < -0.4 is 16.0 Å². The highest BCUT2D eigenvalue weighted by atomic mass is 16.5. The van der Waals surface area contributed by atoms with Crippen LogP contribution in [0, 0.1) is 5.92 Å². The van der Waals surface area contributed by atoms with Gasteiger partial charge >= 0.3 is 6.09 Å². The van der Waals surface area contributed by atoms with Gasteiger partial charge in [0.15, 0.2) is 5.96 Å². The molecule has 3 N–H and O–H groups in total. The predicted molar refractivity (Wildman–Crippen MR) is 103 cm³/mol. The lowest BCUT2D eigenvalue weighted by atomic mass is 10.0. The van der Waals surface area contributed by atoms with Gasteiger partial charge in [-0.1, -0.05) is 20.3 Å². The number of amides is 1. The van der Waals surface area contributed by atoms with Gasteiger partial charge in [-0.25, -0.2) is 4.79 Å². The first-order chi connectivity index (χ1) is 12.0. The van der Waals surface area contributed by atoms with Gasteiger partial charge in [0.05, 0.1) is 6.61 Å². The first-order valence-corrected chi connectivity index (χ1v) is 9.65. The topological polar surface area (TPSA) is 78.0 Å². The average molecular weight is 356 g/mol. The molecule has 0 aromatic heterocycles. The quantitative estimate of drug-likeness (QED) is 0.434. The second-order valence-electron chi connectivity index (χ2n) is 6.97. The number of aliphatic imine (C=N–C) groups is 1. The number of nitrogens with one attached hydrogen (secondary N) is 3. The lowest BCUT2D eigenvalue weighted by Gasteiger charge is -2.27. The fourth-order valence-corrected chi connectivity index (χ4v) is 3.06. The van der Waals surface area contributed by atoms with E-state index in [0.717, 1.165) is 25.5 Å². The zero-order valence-electron chi connectivity index (χ0n) is 16.4. The molecule has 1 heterocycles. The number of hydrogen-bond donors (Lipinski definition) is 3. The summed E-state index contributed by atoms with van der Waals surface area (Å²) in [5.74, 6) is 1.26. The van der Waals surface area contributed by atoms with Crippen molar-refractivity contribution in [2.75, 3.05) is 46.4 Å². The summed E-state index contributed by atoms with van der Waals surface area (Å²) in [6.45, 7) is 11.4. The Morgan fingerprint density at radius 3 is 2.52 bits per heavy atom. The van der Waals surface area contributed by atoms with E-state index in [1.54, 1.807) is 7.05 Å². The van der Waals surface area contributed by atoms with E-state index >= 15 is 0 Å². The van der Waals surface area contributed by atoms with E-state index in [9.17, 15) is 4.79 Å². The molecule has 25 heavy (non-hydrogen) atoms. The number of carbonyl (C=O) groups is 1. The molecule has 1 amide bonds. The monoisotopic (exact) mass is 355 g/mol. The molecule has 1 rings (SSSR count).